The third kappa shape index (κ3) is 4.10. The Kier molecular flexibility index (Phi) is 5.60. The fourth-order valence-corrected chi connectivity index (χ4v) is 4.89. The van der Waals surface area contributed by atoms with Gasteiger partial charge in [0, 0.05) is 22.8 Å². The molecule has 2 heterocycles. The highest BCUT2D eigenvalue weighted by molar-refractivity contribution is 7.98. The highest BCUT2D eigenvalue weighted by Gasteiger charge is 2.17. The number of hydrogen-bond acceptors (Lipinski definition) is 4. The second kappa shape index (κ2) is 8.57. The number of pyridine rings is 1. The summed E-state index contributed by atoms with van der Waals surface area (Å²) in [6.07, 6.45) is 0. The van der Waals surface area contributed by atoms with Gasteiger partial charge in [0.25, 0.3) is 5.56 Å². The molecule has 0 spiro atoms. The normalized spacial score (nSPS) is 11.4. The first-order valence-corrected chi connectivity index (χ1v) is 11.4. The van der Waals surface area contributed by atoms with Gasteiger partial charge >= 0.3 is 0 Å². The molecule has 8 heteroatoms. The van der Waals surface area contributed by atoms with Crippen molar-refractivity contribution in [1.82, 2.24) is 14.5 Å². The maximum Gasteiger partial charge on any atom is 0.266 e. The molecular formula is C25H16ClF2N3OS. The minimum atomic E-state index is -0.850. The molecule has 33 heavy (non-hydrogen) atoms. The minimum absolute atomic E-state index is 0.0691. The van der Waals surface area contributed by atoms with Crippen LogP contribution in [0.5, 0.6) is 0 Å². The number of aromatic nitrogens is 3. The van der Waals surface area contributed by atoms with Gasteiger partial charge in [0.1, 0.15) is 16.8 Å². The largest absolute Gasteiger partial charge is 0.268 e. The van der Waals surface area contributed by atoms with Crippen molar-refractivity contribution in [3.05, 3.63) is 105 Å². The molecule has 0 N–H and O–H groups in total. The standard InChI is InChI=1S/C25H16ClF2N3OS/c1-14-6-7-15-11-16(23(26)29-21(15)10-14)13-33-25-30-20-5-3-2-4-18(20)24(32)31(25)22-9-8-17(27)12-19(22)28/h2-12H,13H2,1H3. The van der Waals surface area contributed by atoms with Crippen molar-refractivity contribution in [1.29, 1.82) is 0 Å². The van der Waals surface area contributed by atoms with E-state index >= 15 is 0 Å². The van der Waals surface area contributed by atoms with Crippen LogP contribution in [-0.4, -0.2) is 14.5 Å². The van der Waals surface area contributed by atoms with Crippen molar-refractivity contribution in [3.63, 3.8) is 0 Å². The molecule has 164 valence electrons. The average Bonchev–Trinajstić information content (AvgIpc) is 2.79. The van der Waals surface area contributed by atoms with Gasteiger partial charge in [0.05, 0.1) is 22.1 Å². The predicted molar refractivity (Wildman–Crippen MR) is 128 cm³/mol. The van der Waals surface area contributed by atoms with Crippen LogP contribution in [0.1, 0.15) is 11.1 Å². The minimum Gasteiger partial charge on any atom is -0.268 e. The van der Waals surface area contributed by atoms with Crippen LogP contribution in [0.4, 0.5) is 8.78 Å². The van der Waals surface area contributed by atoms with E-state index in [2.05, 4.69) is 9.97 Å². The fourth-order valence-electron chi connectivity index (χ4n) is 3.63. The first kappa shape index (κ1) is 21.6. The first-order valence-electron chi connectivity index (χ1n) is 10.1. The molecule has 0 amide bonds. The lowest BCUT2D eigenvalue weighted by Crippen LogP contribution is -2.22. The molecule has 0 aliphatic heterocycles. The third-order valence-corrected chi connectivity index (χ3v) is 6.57. The molecule has 0 unspecified atom stereocenters. The summed E-state index contributed by atoms with van der Waals surface area (Å²) in [5.41, 5.74) is 2.61. The number of hydrogen-bond donors (Lipinski definition) is 0. The number of aryl methyl sites for hydroxylation is 1. The molecule has 2 aromatic heterocycles. The Hall–Kier alpha value is -3.29. The average molecular weight is 480 g/mol. The van der Waals surface area contributed by atoms with Crippen LogP contribution in [0.15, 0.2) is 76.7 Å². The van der Waals surface area contributed by atoms with Gasteiger partial charge in [-0.1, -0.05) is 47.6 Å². The van der Waals surface area contributed by atoms with Crippen LogP contribution in [0, 0.1) is 18.6 Å². The van der Waals surface area contributed by atoms with Crippen molar-refractivity contribution in [2.24, 2.45) is 0 Å². The molecular weight excluding hydrogens is 464 g/mol. The molecule has 0 bridgehead atoms. The number of nitrogens with zero attached hydrogens (tertiary/aromatic N) is 3. The number of fused-ring (bicyclic) bond motifs is 2. The molecule has 3 aromatic carbocycles. The van der Waals surface area contributed by atoms with Gasteiger partial charge in [-0.3, -0.25) is 9.36 Å². The van der Waals surface area contributed by atoms with E-state index in [-0.39, 0.29) is 10.8 Å². The molecule has 0 atom stereocenters. The molecule has 0 fully saturated rings. The van der Waals surface area contributed by atoms with Crippen LogP contribution < -0.4 is 5.56 Å². The number of halogens is 3. The Balaban J connectivity index is 1.62. The molecule has 0 saturated carbocycles. The first-order chi connectivity index (χ1) is 15.9. The van der Waals surface area contributed by atoms with Gasteiger partial charge in [0.15, 0.2) is 5.16 Å². The molecule has 0 aliphatic rings. The Bertz CT molecular complexity index is 1600. The number of para-hydroxylation sites is 1. The number of rotatable bonds is 4. The molecule has 5 aromatic rings. The van der Waals surface area contributed by atoms with Crippen molar-refractivity contribution < 1.29 is 8.78 Å². The van der Waals surface area contributed by atoms with Gasteiger partial charge in [-0.05, 0) is 48.9 Å². The van der Waals surface area contributed by atoms with E-state index in [0.717, 1.165) is 34.2 Å². The SMILES string of the molecule is Cc1ccc2cc(CSc3nc4ccccc4c(=O)n3-c3ccc(F)cc3F)c(Cl)nc2c1. The van der Waals surface area contributed by atoms with Crippen molar-refractivity contribution in [2.45, 2.75) is 17.8 Å². The zero-order valence-corrected chi connectivity index (χ0v) is 18.9. The summed E-state index contributed by atoms with van der Waals surface area (Å²) in [5.74, 6) is -1.23. The van der Waals surface area contributed by atoms with E-state index in [4.69, 9.17) is 11.6 Å². The zero-order valence-electron chi connectivity index (χ0n) is 17.3. The van der Waals surface area contributed by atoms with Crippen LogP contribution in [0.2, 0.25) is 5.15 Å². The second-order valence-electron chi connectivity index (χ2n) is 7.57. The topological polar surface area (TPSA) is 47.8 Å². The lowest BCUT2D eigenvalue weighted by molar-refractivity contribution is 0.572. The molecule has 0 aliphatic carbocycles. The smallest absolute Gasteiger partial charge is 0.266 e. The van der Waals surface area contributed by atoms with Gasteiger partial charge < -0.3 is 0 Å². The highest BCUT2D eigenvalue weighted by atomic mass is 35.5. The van der Waals surface area contributed by atoms with E-state index in [9.17, 15) is 13.6 Å². The number of benzene rings is 3. The van der Waals surface area contributed by atoms with Gasteiger partial charge in [0.2, 0.25) is 0 Å². The van der Waals surface area contributed by atoms with Crippen LogP contribution in [-0.2, 0) is 5.75 Å². The maximum absolute atomic E-state index is 14.7. The van der Waals surface area contributed by atoms with E-state index in [0.29, 0.717) is 21.8 Å². The summed E-state index contributed by atoms with van der Waals surface area (Å²) >= 11 is 7.66. The quantitative estimate of drug-likeness (QED) is 0.168. The molecule has 5 rings (SSSR count). The van der Waals surface area contributed by atoms with Crippen molar-refractivity contribution in [3.8, 4) is 5.69 Å². The lowest BCUT2D eigenvalue weighted by atomic mass is 10.1. The zero-order chi connectivity index (χ0) is 23.1. The number of thioether (sulfide) groups is 1. The Morgan fingerprint density at radius 1 is 0.970 bits per heavy atom. The Morgan fingerprint density at radius 2 is 1.79 bits per heavy atom. The molecule has 0 radical (unpaired) electrons. The van der Waals surface area contributed by atoms with Crippen LogP contribution in [0.3, 0.4) is 0 Å². The van der Waals surface area contributed by atoms with E-state index in [1.807, 2.05) is 31.2 Å². The Labute approximate surface area is 196 Å². The second-order valence-corrected chi connectivity index (χ2v) is 8.87. The van der Waals surface area contributed by atoms with E-state index in [1.165, 1.54) is 22.4 Å². The van der Waals surface area contributed by atoms with Crippen LogP contribution >= 0.6 is 23.4 Å². The van der Waals surface area contributed by atoms with Gasteiger partial charge in [-0.15, -0.1) is 0 Å². The summed E-state index contributed by atoms with van der Waals surface area (Å²) < 4.78 is 29.4. The monoisotopic (exact) mass is 479 g/mol. The predicted octanol–water partition coefficient (Wildman–Crippen LogP) is 6.47. The summed E-state index contributed by atoms with van der Waals surface area (Å²) in [4.78, 5) is 22.4. The van der Waals surface area contributed by atoms with E-state index < -0.39 is 17.2 Å². The van der Waals surface area contributed by atoms with Crippen LogP contribution in [0.25, 0.3) is 27.5 Å². The van der Waals surface area contributed by atoms with Crippen molar-refractivity contribution >= 4 is 45.2 Å². The fraction of sp³-hybridized carbons (Fsp3) is 0.0800. The molecule has 0 saturated heterocycles. The van der Waals surface area contributed by atoms with Crippen molar-refractivity contribution in [2.75, 3.05) is 0 Å². The summed E-state index contributed by atoms with van der Waals surface area (Å²) in [6, 6.07) is 17.8. The van der Waals surface area contributed by atoms with Gasteiger partial charge in [-0.2, -0.15) is 0 Å². The third-order valence-electron chi connectivity index (χ3n) is 5.25. The maximum atomic E-state index is 14.7. The Morgan fingerprint density at radius 3 is 2.61 bits per heavy atom. The van der Waals surface area contributed by atoms with Gasteiger partial charge in [-0.25, -0.2) is 18.7 Å². The summed E-state index contributed by atoms with van der Waals surface area (Å²) in [5, 5.41) is 1.90. The summed E-state index contributed by atoms with van der Waals surface area (Å²) in [6.45, 7) is 1.98. The highest BCUT2D eigenvalue weighted by Crippen LogP contribution is 2.30. The molecule has 4 nitrogen and oxygen atoms in total. The van der Waals surface area contributed by atoms with E-state index in [1.54, 1.807) is 24.3 Å². The summed E-state index contributed by atoms with van der Waals surface area (Å²) in [7, 11) is 0. The lowest BCUT2D eigenvalue weighted by Gasteiger charge is -2.14.